The quantitative estimate of drug-likeness (QED) is 0.515. The summed E-state index contributed by atoms with van der Waals surface area (Å²) >= 11 is 0. The highest BCUT2D eigenvalue weighted by Gasteiger charge is 2.14. The largest absolute Gasteiger partial charge is 0.495 e. The second kappa shape index (κ2) is 5.46. The monoisotopic (exact) mass is 227 g/mol. The first-order valence-electron chi connectivity index (χ1n) is 5.38. The lowest BCUT2D eigenvalue weighted by Crippen LogP contribution is -2.22. The molecule has 15 heavy (non-hydrogen) atoms. The minimum absolute atomic E-state index is 0.154. The molecule has 1 atom stereocenters. The van der Waals surface area contributed by atoms with Crippen LogP contribution in [0.3, 0.4) is 0 Å². The molecule has 0 aliphatic carbocycles. The maximum Gasteiger partial charge on any atom is 0.134 e. The Balaban J connectivity index is 2.12. The van der Waals surface area contributed by atoms with Crippen molar-refractivity contribution in [2.45, 2.75) is 31.7 Å². The molecule has 0 aromatic rings. The van der Waals surface area contributed by atoms with Gasteiger partial charge in [0.15, 0.2) is 0 Å². The molecule has 0 aromatic heterocycles. The van der Waals surface area contributed by atoms with Crippen molar-refractivity contribution in [3.8, 4) is 0 Å². The Hall–Kier alpha value is -0.613. The highest BCUT2D eigenvalue weighted by atomic mass is 28.3. The molecule has 0 saturated carbocycles. The zero-order chi connectivity index (χ0) is 11.3. The Morgan fingerprint density at radius 3 is 2.67 bits per heavy atom. The van der Waals surface area contributed by atoms with Crippen molar-refractivity contribution >= 4 is 14.3 Å². The number of allylic oxidation sites excluding steroid dienone is 1. The Labute approximate surface area is 93.2 Å². The summed E-state index contributed by atoms with van der Waals surface area (Å²) in [4.78, 5) is 4.27. The standard InChI is InChI=1S/C11H21NO2Si/c1-13-11-7-10(12-8-11)9-14-5-6-15(2,3)4/h7-8,10H,5-6,9H2,1-4H3. The van der Waals surface area contributed by atoms with E-state index in [2.05, 4.69) is 24.6 Å². The van der Waals surface area contributed by atoms with E-state index in [1.54, 1.807) is 13.3 Å². The maximum atomic E-state index is 5.61. The molecule has 0 fully saturated rings. The summed E-state index contributed by atoms with van der Waals surface area (Å²) in [6.07, 6.45) is 3.75. The lowest BCUT2D eigenvalue weighted by molar-refractivity contribution is 0.142. The summed E-state index contributed by atoms with van der Waals surface area (Å²) in [5.41, 5.74) is 0. The molecule has 1 aliphatic heterocycles. The van der Waals surface area contributed by atoms with Gasteiger partial charge in [-0.3, -0.25) is 4.99 Å². The van der Waals surface area contributed by atoms with Crippen LogP contribution in [-0.4, -0.2) is 40.7 Å². The van der Waals surface area contributed by atoms with Crippen molar-refractivity contribution in [3.05, 3.63) is 11.8 Å². The Kier molecular flexibility index (Phi) is 4.54. The van der Waals surface area contributed by atoms with Crippen LogP contribution >= 0.6 is 0 Å². The number of ether oxygens (including phenoxy) is 2. The molecule has 0 aromatic carbocycles. The molecular formula is C11H21NO2Si. The fourth-order valence-corrected chi connectivity index (χ4v) is 2.00. The van der Waals surface area contributed by atoms with Crippen LogP contribution in [0.1, 0.15) is 0 Å². The minimum atomic E-state index is -0.958. The maximum absolute atomic E-state index is 5.61. The molecule has 0 bridgehead atoms. The number of hydrogen-bond donors (Lipinski definition) is 0. The van der Waals surface area contributed by atoms with Gasteiger partial charge in [0.05, 0.1) is 26.0 Å². The summed E-state index contributed by atoms with van der Waals surface area (Å²) in [5, 5.41) is 0. The predicted octanol–water partition coefficient (Wildman–Crippen LogP) is 2.32. The zero-order valence-electron chi connectivity index (χ0n) is 10.1. The summed E-state index contributed by atoms with van der Waals surface area (Å²) in [6.45, 7) is 8.60. The molecule has 86 valence electrons. The Morgan fingerprint density at radius 2 is 2.13 bits per heavy atom. The van der Waals surface area contributed by atoms with Gasteiger partial charge in [-0.25, -0.2) is 0 Å². The molecule has 0 N–H and O–H groups in total. The number of rotatable bonds is 6. The van der Waals surface area contributed by atoms with Gasteiger partial charge in [0.25, 0.3) is 0 Å². The third-order valence-electron chi connectivity index (χ3n) is 2.27. The fourth-order valence-electron chi connectivity index (χ4n) is 1.24. The lowest BCUT2D eigenvalue weighted by Gasteiger charge is -2.15. The smallest absolute Gasteiger partial charge is 0.134 e. The molecule has 0 amide bonds. The van der Waals surface area contributed by atoms with Crippen LogP contribution in [0, 0.1) is 0 Å². The van der Waals surface area contributed by atoms with Crippen molar-refractivity contribution in [2.24, 2.45) is 4.99 Å². The third kappa shape index (κ3) is 5.13. The van der Waals surface area contributed by atoms with Gasteiger partial charge in [0, 0.05) is 14.7 Å². The van der Waals surface area contributed by atoms with E-state index >= 15 is 0 Å². The Morgan fingerprint density at radius 1 is 1.40 bits per heavy atom. The van der Waals surface area contributed by atoms with Crippen LogP contribution in [0.5, 0.6) is 0 Å². The number of methoxy groups -OCH3 is 1. The normalized spacial score (nSPS) is 20.5. The zero-order valence-corrected chi connectivity index (χ0v) is 11.1. The predicted molar refractivity (Wildman–Crippen MR) is 66.3 cm³/mol. The van der Waals surface area contributed by atoms with E-state index in [9.17, 15) is 0 Å². The van der Waals surface area contributed by atoms with Crippen molar-refractivity contribution in [2.75, 3.05) is 20.3 Å². The third-order valence-corrected chi connectivity index (χ3v) is 3.97. The Bertz CT molecular complexity index is 256. The second-order valence-corrected chi connectivity index (χ2v) is 10.6. The molecule has 0 radical (unpaired) electrons. The van der Waals surface area contributed by atoms with Crippen LogP contribution < -0.4 is 0 Å². The molecule has 3 nitrogen and oxygen atoms in total. The van der Waals surface area contributed by atoms with Crippen LogP contribution in [-0.2, 0) is 9.47 Å². The first-order chi connectivity index (χ1) is 7.01. The van der Waals surface area contributed by atoms with E-state index in [1.807, 2.05) is 6.08 Å². The number of aliphatic imine (C=N–C) groups is 1. The molecule has 1 unspecified atom stereocenters. The van der Waals surface area contributed by atoms with Gasteiger partial charge in [0.1, 0.15) is 5.76 Å². The minimum Gasteiger partial charge on any atom is -0.495 e. The first-order valence-corrected chi connectivity index (χ1v) is 9.09. The van der Waals surface area contributed by atoms with Crippen molar-refractivity contribution in [1.82, 2.24) is 0 Å². The molecule has 0 spiro atoms. The number of hydrogen-bond acceptors (Lipinski definition) is 3. The highest BCUT2D eigenvalue weighted by Crippen LogP contribution is 2.10. The van der Waals surface area contributed by atoms with Gasteiger partial charge < -0.3 is 9.47 Å². The van der Waals surface area contributed by atoms with E-state index in [4.69, 9.17) is 9.47 Å². The van der Waals surface area contributed by atoms with Gasteiger partial charge in [-0.2, -0.15) is 0 Å². The molecule has 1 rings (SSSR count). The van der Waals surface area contributed by atoms with Gasteiger partial charge in [-0.1, -0.05) is 19.6 Å². The van der Waals surface area contributed by atoms with E-state index in [-0.39, 0.29) is 6.04 Å². The van der Waals surface area contributed by atoms with Gasteiger partial charge >= 0.3 is 0 Å². The highest BCUT2D eigenvalue weighted by molar-refractivity contribution is 6.76. The van der Waals surface area contributed by atoms with Crippen LogP contribution in [0.25, 0.3) is 0 Å². The fraction of sp³-hybridized carbons (Fsp3) is 0.727. The van der Waals surface area contributed by atoms with Crippen LogP contribution in [0.2, 0.25) is 25.7 Å². The lowest BCUT2D eigenvalue weighted by atomic mass is 10.3. The van der Waals surface area contributed by atoms with E-state index in [1.165, 1.54) is 6.04 Å². The van der Waals surface area contributed by atoms with Crippen LogP contribution in [0.4, 0.5) is 0 Å². The molecule has 4 heteroatoms. The molecule has 0 saturated heterocycles. The van der Waals surface area contributed by atoms with Crippen molar-refractivity contribution in [1.29, 1.82) is 0 Å². The SMILES string of the molecule is COC1=CC(COCC[Si](C)(C)C)N=C1. The van der Waals surface area contributed by atoms with Gasteiger partial charge in [-0.15, -0.1) is 0 Å². The van der Waals surface area contributed by atoms with E-state index < -0.39 is 8.07 Å². The topological polar surface area (TPSA) is 30.8 Å². The average Bonchev–Trinajstić information content (AvgIpc) is 2.59. The summed E-state index contributed by atoms with van der Waals surface area (Å²) in [6, 6.07) is 1.37. The van der Waals surface area contributed by atoms with E-state index in [0.29, 0.717) is 6.61 Å². The average molecular weight is 227 g/mol. The molecular weight excluding hydrogens is 206 g/mol. The number of nitrogens with zero attached hydrogens (tertiary/aromatic N) is 1. The van der Waals surface area contributed by atoms with Crippen LogP contribution in [0.15, 0.2) is 16.8 Å². The van der Waals surface area contributed by atoms with Gasteiger partial charge in [0.2, 0.25) is 0 Å². The second-order valence-electron chi connectivity index (χ2n) is 5.00. The first kappa shape index (κ1) is 12.5. The van der Waals surface area contributed by atoms with Crippen molar-refractivity contribution < 1.29 is 9.47 Å². The summed E-state index contributed by atoms with van der Waals surface area (Å²) < 4.78 is 10.7. The van der Waals surface area contributed by atoms with Crippen molar-refractivity contribution in [3.63, 3.8) is 0 Å². The van der Waals surface area contributed by atoms with E-state index in [0.717, 1.165) is 12.4 Å². The van der Waals surface area contributed by atoms with Gasteiger partial charge in [-0.05, 0) is 12.1 Å². The molecule has 1 heterocycles. The summed E-state index contributed by atoms with van der Waals surface area (Å²) in [5.74, 6) is 0.841. The molecule has 1 aliphatic rings. The summed E-state index contributed by atoms with van der Waals surface area (Å²) in [7, 11) is 0.701.